The molecule has 1 aromatic carbocycles. The van der Waals surface area contributed by atoms with Crippen LogP contribution in [0.1, 0.15) is 33.4 Å². The number of rotatable bonds is 6. The van der Waals surface area contributed by atoms with Gasteiger partial charge in [-0.2, -0.15) is 0 Å². The van der Waals surface area contributed by atoms with Gasteiger partial charge in [-0.15, -0.1) is 11.3 Å². The topological polar surface area (TPSA) is 12.0 Å². The molecule has 0 radical (unpaired) electrons. The summed E-state index contributed by atoms with van der Waals surface area (Å²) in [6.45, 7) is 6.59. The predicted octanol–water partition coefficient (Wildman–Crippen LogP) is 4.30. The summed E-state index contributed by atoms with van der Waals surface area (Å²) in [5.74, 6) is 0. The molecule has 108 valence electrons. The van der Waals surface area contributed by atoms with Crippen molar-refractivity contribution in [1.82, 2.24) is 5.32 Å². The lowest BCUT2D eigenvalue weighted by Crippen LogP contribution is -2.29. The van der Waals surface area contributed by atoms with E-state index in [9.17, 15) is 0 Å². The highest BCUT2D eigenvalue weighted by atomic mass is 32.1. The quantitative estimate of drug-likeness (QED) is 0.835. The molecule has 0 aliphatic heterocycles. The fourth-order valence-electron chi connectivity index (χ4n) is 2.46. The predicted molar refractivity (Wildman–Crippen MR) is 89.9 cm³/mol. The molecule has 20 heavy (non-hydrogen) atoms. The van der Waals surface area contributed by atoms with E-state index in [0.717, 1.165) is 19.3 Å². The number of benzene rings is 1. The molecule has 1 unspecified atom stereocenters. The molecule has 2 heteroatoms. The highest BCUT2D eigenvalue weighted by Crippen LogP contribution is 2.20. The molecule has 0 saturated carbocycles. The van der Waals surface area contributed by atoms with Gasteiger partial charge in [0, 0.05) is 15.8 Å². The molecule has 0 spiro atoms. The number of aryl methyl sites for hydroxylation is 3. The van der Waals surface area contributed by atoms with Crippen molar-refractivity contribution in [1.29, 1.82) is 0 Å². The fraction of sp³-hybridized carbons (Fsp3) is 0.444. The van der Waals surface area contributed by atoms with Gasteiger partial charge in [-0.3, -0.25) is 0 Å². The summed E-state index contributed by atoms with van der Waals surface area (Å²) in [5.41, 5.74) is 4.20. The second-order valence-electron chi connectivity index (χ2n) is 5.53. The van der Waals surface area contributed by atoms with Crippen LogP contribution < -0.4 is 5.32 Å². The number of likely N-dealkylation sites (N-methyl/N-ethyl adjacent to an activating group) is 1. The largest absolute Gasteiger partial charge is 0.316 e. The van der Waals surface area contributed by atoms with Crippen LogP contribution in [-0.2, 0) is 19.3 Å². The van der Waals surface area contributed by atoms with Gasteiger partial charge in [0.25, 0.3) is 0 Å². The van der Waals surface area contributed by atoms with Crippen molar-refractivity contribution >= 4 is 11.3 Å². The minimum Gasteiger partial charge on any atom is -0.316 e. The minimum atomic E-state index is 0.514. The Morgan fingerprint density at radius 3 is 2.35 bits per heavy atom. The zero-order chi connectivity index (χ0) is 14.5. The molecule has 0 fully saturated rings. The van der Waals surface area contributed by atoms with Gasteiger partial charge in [-0.25, -0.2) is 0 Å². The fourth-order valence-corrected chi connectivity index (χ4v) is 3.49. The zero-order valence-electron chi connectivity index (χ0n) is 13.0. The maximum atomic E-state index is 3.47. The van der Waals surface area contributed by atoms with Crippen molar-refractivity contribution in [3.05, 3.63) is 56.8 Å². The lowest BCUT2D eigenvalue weighted by atomic mass is 9.99. The summed E-state index contributed by atoms with van der Waals surface area (Å²) in [6.07, 6.45) is 3.36. The molecule has 2 aromatic rings. The molecule has 0 aliphatic rings. The smallest absolute Gasteiger partial charge is 0.0153 e. The Bertz CT molecular complexity index is 556. The van der Waals surface area contributed by atoms with E-state index < -0.39 is 0 Å². The maximum Gasteiger partial charge on any atom is 0.0153 e. The average molecular weight is 287 g/mol. The molecule has 2 rings (SSSR count). The third-order valence-corrected chi connectivity index (χ3v) is 5.23. The minimum absolute atomic E-state index is 0.514. The Labute approximate surface area is 127 Å². The van der Waals surface area contributed by atoms with Crippen molar-refractivity contribution < 1.29 is 0 Å². The summed E-state index contributed by atoms with van der Waals surface area (Å²) in [6, 6.07) is 11.9. The second kappa shape index (κ2) is 7.05. The Morgan fingerprint density at radius 1 is 1.00 bits per heavy atom. The third-order valence-electron chi connectivity index (χ3n) is 3.98. The van der Waals surface area contributed by atoms with Crippen molar-refractivity contribution in [2.24, 2.45) is 0 Å². The van der Waals surface area contributed by atoms with Crippen molar-refractivity contribution in [2.75, 3.05) is 7.05 Å². The van der Waals surface area contributed by atoms with Gasteiger partial charge in [0.05, 0.1) is 0 Å². The molecule has 0 bridgehead atoms. The Kier molecular flexibility index (Phi) is 5.38. The van der Waals surface area contributed by atoms with Crippen LogP contribution in [0, 0.1) is 13.8 Å². The van der Waals surface area contributed by atoms with Crippen LogP contribution in [0.3, 0.4) is 0 Å². The summed E-state index contributed by atoms with van der Waals surface area (Å²) in [4.78, 5) is 2.98. The van der Waals surface area contributed by atoms with Crippen LogP contribution in [0.25, 0.3) is 0 Å². The lowest BCUT2D eigenvalue weighted by molar-refractivity contribution is 0.560. The van der Waals surface area contributed by atoms with Gasteiger partial charge in [-0.05, 0) is 69.0 Å². The first-order valence-electron chi connectivity index (χ1n) is 7.43. The monoisotopic (exact) mass is 287 g/mol. The number of nitrogens with one attached hydrogen (secondary N) is 1. The second-order valence-corrected chi connectivity index (χ2v) is 6.79. The van der Waals surface area contributed by atoms with E-state index in [2.05, 4.69) is 63.5 Å². The molecule has 0 aliphatic carbocycles. The van der Waals surface area contributed by atoms with Crippen molar-refractivity contribution in [3.8, 4) is 0 Å². The third kappa shape index (κ3) is 3.94. The zero-order valence-corrected chi connectivity index (χ0v) is 13.8. The standard InChI is InChI=1S/C18H25NS/c1-5-17-8-9-18(20-17)12-16(19-4)11-15-7-6-13(2)14(3)10-15/h6-10,16,19H,5,11-12H2,1-4H3. The van der Waals surface area contributed by atoms with Crippen LogP contribution in [0.4, 0.5) is 0 Å². The van der Waals surface area contributed by atoms with E-state index in [4.69, 9.17) is 0 Å². The molecule has 1 heterocycles. The first kappa shape index (κ1) is 15.3. The van der Waals surface area contributed by atoms with Crippen molar-refractivity contribution in [2.45, 2.75) is 46.1 Å². The summed E-state index contributed by atoms with van der Waals surface area (Å²) >= 11 is 1.95. The Hall–Kier alpha value is -1.12. The Balaban J connectivity index is 2.02. The van der Waals surface area contributed by atoms with E-state index >= 15 is 0 Å². The normalized spacial score (nSPS) is 12.6. The van der Waals surface area contributed by atoms with Gasteiger partial charge in [0.1, 0.15) is 0 Å². The molecule has 0 saturated heterocycles. The molecule has 1 nitrogen and oxygen atoms in total. The summed E-state index contributed by atoms with van der Waals surface area (Å²) < 4.78 is 0. The molecular formula is C18H25NS. The summed E-state index contributed by atoms with van der Waals surface area (Å²) in [7, 11) is 2.07. The van der Waals surface area contributed by atoms with Crippen LogP contribution >= 0.6 is 11.3 Å². The van der Waals surface area contributed by atoms with Crippen molar-refractivity contribution in [3.63, 3.8) is 0 Å². The van der Waals surface area contributed by atoms with E-state index in [-0.39, 0.29) is 0 Å². The number of thiophene rings is 1. The highest BCUT2D eigenvalue weighted by Gasteiger charge is 2.10. The number of hydrogen-bond acceptors (Lipinski definition) is 2. The van der Waals surface area contributed by atoms with Gasteiger partial charge in [0.2, 0.25) is 0 Å². The van der Waals surface area contributed by atoms with Crippen LogP contribution in [0.2, 0.25) is 0 Å². The van der Waals surface area contributed by atoms with E-state index in [0.29, 0.717) is 6.04 Å². The molecule has 0 amide bonds. The molecule has 1 aromatic heterocycles. The van der Waals surface area contributed by atoms with E-state index in [1.807, 2.05) is 11.3 Å². The molecule has 1 N–H and O–H groups in total. The van der Waals surface area contributed by atoms with E-state index in [1.165, 1.54) is 26.4 Å². The highest BCUT2D eigenvalue weighted by molar-refractivity contribution is 7.11. The van der Waals surface area contributed by atoms with Crippen LogP contribution in [0.15, 0.2) is 30.3 Å². The lowest BCUT2D eigenvalue weighted by Gasteiger charge is -2.16. The van der Waals surface area contributed by atoms with Crippen LogP contribution in [0.5, 0.6) is 0 Å². The van der Waals surface area contributed by atoms with Crippen LogP contribution in [-0.4, -0.2) is 13.1 Å². The number of hydrogen-bond donors (Lipinski definition) is 1. The molecular weight excluding hydrogens is 262 g/mol. The molecule has 1 atom stereocenters. The summed E-state index contributed by atoms with van der Waals surface area (Å²) in [5, 5.41) is 3.47. The average Bonchev–Trinajstić information content (AvgIpc) is 2.90. The van der Waals surface area contributed by atoms with Gasteiger partial charge in [0.15, 0.2) is 0 Å². The maximum absolute atomic E-state index is 3.47. The SMILES string of the molecule is CCc1ccc(CC(Cc2ccc(C)c(C)c2)NC)s1. The van der Waals surface area contributed by atoms with Gasteiger partial charge < -0.3 is 5.32 Å². The van der Waals surface area contributed by atoms with Gasteiger partial charge >= 0.3 is 0 Å². The first-order chi connectivity index (χ1) is 9.62. The Morgan fingerprint density at radius 2 is 1.75 bits per heavy atom. The van der Waals surface area contributed by atoms with Gasteiger partial charge in [-0.1, -0.05) is 25.1 Å². The van der Waals surface area contributed by atoms with E-state index in [1.54, 1.807) is 0 Å². The first-order valence-corrected chi connectivity index (χ1v) is 8.25.